The fourth-order valence-corrected chi connectivity index (χ4v) is 5.14. The molecule has 2 heterocycles. The van der Waals surface area contributed by atoms with Gasteiger partial charge in [0.05, 0.1) is 31.2 Å². The van der Waals surface area contributed by atoms with Gasteiger partial charge < -0.3 is 24.8 Å². The molecule has 0 aromatic heterocycles. The standard InChI is InChI=1S/C30H36N2O6/c1-37-20-26-29(21-10-4-2-5-11-21)38-28(35)15-7-3-6-13-23(30(36)31-26)17-27(34)32-18-24-14-9-8-12-22(24)16-25(32)19-33/h2-6,8-12,14,23,25-26,29,33H,7,13,15-20H2,1H3,(H,31,36). The summed E-state index contributed by atoms with van der Waals surface area (Å²) < 4.78 is 11.2. The number of hydrogen-bond acceptors (Lipinski definition) is 6. The summed E-state index contributed by atoms with van der Waals surface area (Å²) in [5.74, 6) is -1.46. The number of cyclic esters (lactones) is 1. The van der Waals surface area contributed by atoms with Crippen molar-refractivity contribution in [2.45, 2.75) is 56.8 Å². The van der Waals surface area contributed by atoms with E-state index in [-0.39, 0.29) is 49.9 Å². The van der Waals surface area contributed by atoms with Crippen molar-refractivity contribution in [1.29, 1.82) is 0 Å². The molecule has 2 aromatic rings. The molecular weight excluding hydrogens is 484 g/mol. The number of ether oxygens (including phenoxy) is 2. The van der Waals surface area contributed by atoms with Crippen molar-refractivity contribution in [3.63, 3.8) is 0 Å². The number of fused-ring (bicyclic) bond motifs is 1. The number of allylic oxidation sites excluding steroid dienone is 2. The first-order valence-corrected chi connectivity index (χ1v) is 13.2. The van der Waals surface area contributed by atoms with Crippen molar-refractivity contribution in [2.24, 2.45) is 5.92 Å². The van der Waals surface area contributed by atoms with Crippen molar-refractivity contribution < 1.29 is 29.0 Å². The number of hydrogen-bond donors (Lipinski definition) is 2. The number of amides is 2. The van der Waals surface area contributed by atoms with Crippen LogP contribution in [0.1, 0.15) is 48.5 Å². The smallest absolute Gasteiger partial charge is 0.306 e. The summed E-state index contributed by atoms with van der Waals surface area (Å²) in [7, 11) is 1.53. The first kappa shape index (κ1) is 27.5. The van der Waals surface area contributed by atoms with Crippen LogP contribution in [0.5, 0.6) is 0 Å². The molecule has 2 amide bonds. The molecule has 0 bridgehead atoms. The van der Waals surface area contributed by atoms with Crippen LogP contribution in [0.4, 0.5) is 0 Å². The molecule has 4 rings (SSSR count). The lowest BCUT2D eigenvalue weighted by Gasteiger charge is -2.37. The minimum atomic E-state index is -0.732. The molecule has 4 atom stereocenters. The number of nitrogens with one attached hydrogen (secondary N) is 1. The highest BCUT2D eigenvalue weighted by Crippen LogP contribution is 2.27. The summed E-state index contributed by atoms with van der Waals surface area (Å²) in [4.78, 5) is 41.4. The topological polar surface area (TPSA) is 105 Å². The van der Waals surface area contributed by atoms with Gasteiger partial charge in [0, 0.05) is 26.5 Å². The number of methoxy groups -OCH3 is 1. The maximum atomic E-state index is 13.6. The molecule has 38 heavy (non-hydrogen) atoms. The van der Waals surface area contributed by atoms with Crippen LogP contribution >= 0.6 is 0 Å². The Morgan fingerprint density at radius 2 is 1.82 bits per heavy atom. The Balaban J connectivity index is 1.56. The predicted molar refractivity (Wildman–Crippen MR) is 142 cm³/mol. The van der Waals surface area contributed by atoms with Crippen LogP contribution in [0.25, 0.3) is 0 Å². The maximum absolute atomic E-state index is 13.6. The average Bonchev–Trinajstić information content (AvgIpc) is 2.93. The molecule has 0 saturated heterocycles. The minimum absolute atomic E-state index is 0.00430. The lowest BCUT2D eigenvalue weighted by molar-refractivity contribution is -0.153. The Bertz CT molecular complexity index is 1130. The fraction of sp³-hybridized carbons (Fsp3) is 0.433. The number of esters is 1. The van der Waals surface area contributed by atoms with Gasteiger partial charge in [-0.2, -0.15) is 0 Å². The molecule has 8 heteroatoms. The van der Waals surface area contributed by atoms with Gasteiger partial charge in [-0.3, -0.25) is 14.4 Å². The van der Waals surface area contributed by atoms with Crippen molar-refractivity contribution in [3.8, 4) is 0 Å². The summed E-state index contributed by atoms with van der Waals surface area (Å²) in [6.45, 7) is 0.393. The molecule has 202 valence electrons. The van der Waals surface area contributed by atoms with E-state index >= 15 is 0 Å². The third kappa shape index (κ3) is 6.88. The normalized spacial score (nSPS) is 24.4. The van der Waals surface area contributed by atoms with E-state index in [1.165, 1.54) is 7.11 Å². The molecule has 4 unspecified atom stereocenters. The van der Waals surface area contributed by atoms with Crippen molar-refractivity contribution >= 4 is 17.8 Å². The molecule has 0 saturated carbocycles. The predicted octanol–water partition coefficient (Wildman–Crippen LogP) is 3.09. The molecule has 0 radical (unpaired) electrons. The molecule has 2 aliphatic heterocycles. The van der Waals surface area contributed by atoms with Gasteiger partial charge in [-0.15, -0.1) is 0 Å². The number of nitrogens with zero attached hydrogens (tertiary/aromatic N) is 1. The Morgan fingerprint density at radius 3 is 2.55 bits per heavy atom. The third-order valence-corrected chi connectivity index (χ3v) is 7.21. The van der Waals surface area contributed by atoms with Crippen LogP contribution in [0, 0.1) is 5.92 Å². The van der Waals surface area contributed by atoms with E-state index in [0.717, 1.165) is 16.7 Å². The third-order valence-electron chi connectivity index (χ3n) is 7.21. The van der Waals surface area contributed by atoms with Gasteiger partial charge in [-0.25, -0.2) is 0 Å². The molecule has 2 aliphatic rings. The van der Waals surface area contributed by atoms with Gasteiger partial charge >= 0.3 is 5.97 Å². The molecular formula is C30H36N2O6. The van der Waals surface area contributed by atoms with E-state index in [9.17, 15) is 19.5 Å². The number of aliphatic hydroxyl groups excluding tert-OH is 1. The fourth-order valence-electron chi connectivity index (χ4n) is 5.14. The lowest BCUT2D eigenvalue weighted by atomic mass is 9.92. The minimum Gasteiger partial charge on any atom is -0.455 e. The van der Waals surface area contributed by atoms with Crippen molar-refractivity contribution in [3.05, 3.63) is 83.4 Å². The van der Waals surface area contributed by atoms with Crippen LogP contribution in [0.2, 0.25) is 0 Å². The Labute approximate surface area is 223 Å². The average molecular weight is 521 g/mol. The van der Waals surface area contributed by atoms with E-state index in [1.807, 2.05) is 66.7 Å². The van der Waals surface area contributed by atoms with Gasteiger partial charge in [0.15, 0.2) is 0 Å². The van der Waals surface area contributed by atoms with Gasteiger partial charge in [-0.1, -0.05) is 66.7 Å². The van der Waals surface area contributed by atoms with Crippen LogP contribution in [-0.4, -0.2) is 60.2 Å². The van der Waals surface area contributed by atoms with E-state index in [4.69, 9.17) is 9.47 Å². The van der Waals surface area contributed by atoms with E-state index < -0.39 is 18.1 Å². The van der Waals surface area contributed by atoms with Crippen LogP contribution in [0.3, 0.4) is 0 Å². The second-order valence-electron chi connectivity index (χ2n) is 9.87. The molecule has 2 aromatic carbocycles. The number of rotatable bonds is 6. The number of aliphatic hydroxyl groups is 1. The first-order chi connectivity index (χ1) is 18.5. The first-order valence-electron chi connectivity index (χ1n) is 13.2. The maximum Gasteiger partial charge on any atom is 0.306 e. The van der Waals surface area contributed by atoms with Gasteiger partial charge in [0.2, 0.25) is 11.8 Å². The summed E-state index contributed by atoms with van der Waals surface area (Å²) >= 11 is 0. The summed E-state index contributed by atoms with van der Waals surface area (Å²) in [5, 5.41) is 13.0. The lowest BCUT2D eigenvalue weighted by Crippen LogP contribution is -2.49. The second-order valence-corrected chi connectivity index (χ2v) is 9.87. The Morgan fingerprint density at radius 1 is 1.08 bits per heavy atom. The monoisotopic (exact) mass is 520 g/mol. The molecule has 8 nitrogen and oxygen atoms in total. The SMILES string of the molecule is COCC1NC(=O)C(CC(=O)N2Cc3ccccc3CC2CO)CC=CCCC(=O)OC1c1ccccc1. The van der Waals surface area contributed by atoms with E-state index in [1.54, 1.807) is 4.90 Å². The number of carbonyl (C=O) groups excluding carboxylic acids is 3. The zero-order valence-corrected chi connectivity index (χ0v) is 21.8. The van der Waals surface area contributed by atoms with Crippen molar-refractivity contribution in [2.75, 3.05) is 20.3 Å². The zero-order valence-electron chi connectivity index (χ0n) is 21.8. The van der Waals surface area contributed by atoms with Crippen LogP contribution < -0.4 is 5.32 Å². The summed E-state index contributed by atoms with van der Waals surface area (Å²) in [6.07, 6.45) is 4.60. The van der Waals surface area contributed by atoms with E-state index in [2.05, 4.69) is 5.32 Å². The quantitative estimate of drug-likeness (QED) is 0.448. The molecule has 0 aliphatic carbocycles. The van der Waals surface area contributed by atoms with Gasteiger partial charge in [-0.05, 0) is 36.0 Å². The van der Waals surface area contributed by atoms with Crippen LogP contribution in [-0.2, 0) is 36.8 Å². The number of benzene rings is 2. The van der Waals surface area contributed by atoms with Gasteiger partial charge in [0.25, 0.3) is 0 Å². The second kappa shape index (κ2) is 13.3. The zero-order chi connectivity index (χ0) is 26.9. The highest BCUT2D eigenvalue weighted by molar-refractivity contribution is 5.86. The Hall–Kier alpha value is -3.49. The molecule has 2 N–H and O–H groups in total. The largest absolute Gasteiger partial charge is 0.455 e. The van der Waals surface area contributed by atoms with E-state index in [0.29, 0.717) is 25.8 Å². The van der Waals surface area contributed by atoms with Crippen LogP contribution in [0.15, 0.2) is 66.7 Å². The van der Waals surface area contributed by atoms with Crippen molar-refractivity contribution in [1.82, 2.24) is 10.2 Å². The molecule has 0 spiro atoms. The highest BCUT2D eigenvalue weighted by atomic mass is 16.5. The molecule has 0 fully saturated rings. The Kier molecular flexibility index (Phi) is 9.67. The van der Waals surface area contributed by atoms with Gasteiger partial charge in [0.1, 0.15) is 6.10 Å². The summed E-state index contributed by atoms with van der Waals surface area (Å²) in [6, 6.07) is 16.2. The number of carbonyl (C=O) groups is 3. The summed E-state index contributed by atoms with van der Waals surface area (Å²) in [5.41, 5.74) is 2.94. The highest BCUT2D eigenvalue weighted by Gasteiger charge is 2.34.